The molecule has 1 heterocycles. The second-order valence-corrected chi connectivity index (χ2v) is 7.06. The number of carbonyl (C=O) groups is 1. The summed E-state index contributed by atoms with van der Waals surface area (Å²) < 4.78 is 11.2. The summed E-state index contributed by atoms with van der Waals surface area (Å²) in [6.07, 6.45) is 0. The second-order valence-electron chi connectivity index (χ2n) is 6.20. The molecule has 3 aromatic carbocycles. The molecule has 0 bridgehead atoms. The third-order valence-electron chi connectivity index (χ3n) is 4.34. The minimum atomic E-state index is -0.437. The van der Waals surface area contributed by atoms with Gasteiger partial charge >= 0.3 is 5.63 Å². The second kappa shape index (κ2) is 7.89. The predicted molar refractivity (Wildman–Crippen MR) is 114 cm³/mol. The van der Waals surface area contributed by atoms with E-state index in [2.05, 4.69) is 26.2 Å². The van der Waals surface area contributed by atoms with E-state index >= 15 is 0 Å². The Morgan fingerprint density at radius 1 is 1.07 bits per heavy atom. The van der Waals surface area contributed by atoms with E-state index < -0.39 is 5.63 Å². The number of anilines is 1. The lowest BCUT2D eigenvalue weighted by Gasteiger charge is -2.08. The monoisotopic (exact) mass is 450 g/mol. The zero-order chi connectivity index (χ0) is 20.4. The molecule has 0 saturated carbocycles. The van der Waals surface area contributed by atoms with Crippen molar-refractivity contribution < 1.29 is 13.9 Å². The van der Waals surface area contributed by atoms with Crippen LogP contribution in [0, 0.1) is 0 Å². The maximum Gasteiger partial charge on any atom is 0.347 e. The number of benzene rings is 3. The molecule has 0 aliphatic rings. The van der Waals surface area contributed by atoms with Gasteiger partial charge in [-0.25, -0.2) is 9.78 Å². The zero-order valence-electron chi connectivity index (χ0n) is 15.3. The molecule has 1 aromatic heterocycles. The van der Waals surface area contributed by atoms with Crippen LogP contribution in [-0.2, 0) is 0 Å². The molecule has 4 aromatic rings. The van der Waals surface area contributed by atoms with Crippen LogP contribution in [0.2, 0.25) is 0 Å². The van der Waals surface area contributed by atoms with Crippen LogP contribution in [0.25, 0.3) is 22.4 Å². The summed E-state index contributed by atoms with van der Waals surface area (Å²) in [4.78, 5) is 29.0. The van der Waals surface area contributed by atoms with Crippen molar-refractivity contribution in [3.8, 4) is 17.2 Å². The Hall–Kier alpha value is -3.45. The number of nitrogens with one attached hydrogen (secondary N) is 1. The first kappa shape index (κ1) is 18.9. The molecule has 0 atom stereocenters. The average Bonchev–Trinajstić information content (AvgIpc) is 2.74. The van der Waals surface area contributed by atoms with E-state index in [9.17, 15) is 9.59 Å². The number of para-hydroxylation sites is 1. The normalized spacial score (nSPS) is 10.7. The van der Waals surface area contributed by atoms with Gasteiger partial charge in [0.2, 0.25) is 5.89 Å². The van der Waals surface area contributed by atoms with E-state index in [0.717, 1.165) is 0 Å². The SMILES string of the molecule is COc1ccc(C(=O)Nc2ccc(-c3nc4ccccc4c(=O)o3)cc2)cc1Br. The van der Waals surface area contributed by atoms with Crippen LogP contribution in [0.3, 0.4) is 0 Å². The van der Waals surface area contributed by atoms with Gasteiger partial charge in [-0.2, -0.15) is 0 Å². The van der Waals surface area contributed by atoms with Crippen molar-refractivity contribution in [2.24, 2.45) is 0 Å². The van der Waals surface area contributed by atoms with Gasteiger partial charge < -0.3 is 14.5 Å². The van der Waals surface area contributed by atoms with E-state index in [1.54, 1.807) is 67.8 Å². The van der Waals surface area contributed by atoms with Gasteiger partial charge in [-0.3, -0.25) is 4.79 Å². The Morgan fingerprint density at radius 3 is 2.55 bits per heavy atom. The summed E-state index contributed by atoms with van der Waals surface area (Å²) in [6.45, 7) is 0. The van der Waals surface area contributed by atoms with Crippen LogP contribution in [0.5, 0.6) is 5.75 Å². The Labute approximate surface area is 174 Å². The topological polar surface area (TPSA) is 81.4 Å². The molecule has 7 heteroatoms. The first-order valence-corrected chi connectivity index (χ1v) is 9.49. The molecule has 0 aliphatic carbocycles. The fourth-order valence-electron chi connectivity index (χ4n) is 2.85. The van der Waals surface area contributed by atoms with E-state index in [1.165, 1.54) is 0 Å². The number of amides is 1. The fourth-order valence-corrected chi connectivity index (χ4v) is 3.39. The summed E-state index contributed by atoms with van der Waals surface area (Å²) >= 11 is 3.37. The minimum Gasteiger partial charge on any atom is -0.496 e. The highest BCUT2D eigenvalue weighted by Crippen LogP contribution is 2.26. The van der Waals surface area contributed by atoms with Crippen molar-refractivity contribution >= 4 is 38.4 Å². The van der Waals surface area contributed by atoms with Crippen molar-refractivity contribution in [2.75, 3.05) is 12.4 Å². The van der Waals surface area contributed by atoms with Crippen molar-refractivity contribution in [3.63, 3.8) is 0 Å². The molecule has 1 amide bonds. The first-order chi connectivity index (χ1) is 14.0. The minimum absolute atomic E-state index is 0.227. The summed E-state index contributed by atoms with van der Waals surface area (Å²) in [5.74, 6) is 0.623. The lowest BCUT2D eigenvalue weighted by atomic mass is 10.1. The highest BCUT2D eigenvalue weighted by atomic mass is 79.9. The molecule has 1 N–H and O–H groups in total. The van der Waals surface area contributed by atoms with E-state index in [-0.39, 0.29) is 11.8 Å². The van der Waals surface area contributed by atoms with Gasteiger partial charge in [0.1, 0.15) is 5.75 Å². The van der Waals surface area contributed by atoms with Gasteiger partial charge in [-0.15, -0.1) is 0 Å². The molecule has 4 rings (SSSR count). The maximum atomic E-state index is 12.5. The van der Waals surface area contributed by atoms with E-state index in [0.29, 0.717) is 37.9 Å². The van der Waals surface area contributed by atoms with Crippen LogP contribution in [-0.4, -0.2) is 18.0 Å². The molecule has 29 heavy (non-hydrogen) atoms. The van der Waals surface area contributed by atoms with Crippen molar-refractivity contribution in [1.29, 1.82) is 0 Å². The molecular formula is C22H15BrN2O4. The summed E-state index contributed by atoms with van der Waals surface area (Å²) in [5, 5.41) is 3.27. The van der Waals surface area contributed by atoms with Gasteiger partial charge in [0.05, 0.1) is 22.5 Å². The van der Waals surface area contributed by atoms with Crippen LogP contribution in [0.15, 0.2) is 80.4 Å². The summed E-state index contributed by atoms with van der Waals surface area (Å²) in [6, 6.07) is 19.0. The third-order valence-corrected chi connectivity index (χ3v) is 4.96. The smallest absolute Gasteiger partial charge is 0.347 e. The van der Waals surface area contributed by atoms with Gasteiger partial charge in [0, 0.05) is 16.8 Å². The highest BCUT2D eigenvalue weighted by molar-refractivity contribution is 9.10. The van der Waals surface area contributed by atoms with Gasteiger partial charge in [0.15, 0.2) is 0 Å². The number of hydrogen-bond acceptors (Lipinski definition) is 5. The zero-order valence-corrected chi connectivity index (χ0v) is 16.9. The Morgan fingerprint density at radius 2 is 1.83 bits per heavy atom. The number of ether oxygens (including phenoxy) is 1. The molecule has 0 aliphatic heterocycles. The first-order valence-electron chi connectivity index (χ1n) is 8.70. The van der Waals surface area contributed by atoms with Crippen LogP contribution in [0.1, 0.15) is 10.4 Å². The Bertz CT molecular complexity index is 1270. The standard InChI is InChI=1S/C22H15BrN2O4/c1-28-19-11-8-14(12-17(19)23)20(26)24-15-9-6-13(7-10-15)21-25-18-5-3-2-4-16(18)22(27)29-21/h2-12H,1H3,(H,24,26). The molecular weight excluding hydrogens is 436 g/mol. The lowest BCUT2D eigenvalue weighted by Crippen LogP contribution is -2.11. The van der Waals surface area contributed by atoms with Crippen LogP contribution >= 0.6 is 15.9 Å². The third kappa shape index (κ3) is 3.90. The Balaban J connectivity index is 1.56. The molecule has 6 nitrogen and oxygen atoms in total. The number of carbonyl (C=O) groups excluding carboxylic acids is 1. The molecule has 0 saturated heterocycles. The molecule has 0 fully saturated rings. The van der Waals surface area contributed by atoms with Crippen molar-refractivity contribution in [2.45, 2.75) is 0 Å². The quantitative estimate of drug-likeness (QED) is 0.479. The van der Waals surface area contributed by atoms with Gasteiger partial charge in [-0.05, 0) is 70.5 Å². The number of hydrogen-bond donors (Lipinski definition) is 1. The number of methoxy groups -OCH3 is 1. The fraction of sp³-hybridized carbons (Fsp3) is 0.0455. The largest absolute Gasteiger partial charge is 0.496 e. The lowest BCUT2D eigenvalue weighted by molar-refractivity contribution is 0.102. The number of rotatable bonds is 4. The molecule has 144 valence electrons. The number of halogens is 1. The maximum absolute atomic E-state index is 12.5. The van der Waals surface area contributed by atoms with Gasteiger partial charge in [0.25, 0.3) is 5.91 Å². The molecule has 0 radical (unpaired) electrons. The van der Waals surface area contributed by atoms with Gasteiger partial charge in [-0.1, -0.05) is 12.1 Å². The van der Waals surface area contributed by atoms with Crippen molar-refractivity contribution in [3.05, 3.63) is 87.2 Å². The predicted octanol–water partition coefficient (Wildman–Crippen LogP) is 4.88. The average molecular weight is 451 g/mol. The Kier molecular flexibility index (Phi) is 5.14. The highest BCUT2D eigenvalue weighted by Gasteiger charge is 2.11. The van der Waals surface area contributed by atoms with Crippen LogP contribution < -0.4 is 15.7 Å². The van der Waals surface area contributed by atoms with Crippen LogP contribution in [0.4, 0.5) is 5.69 Å². The molecule has 0 unspecified atom stereocenters. The summed E-state index contributed by atoms with van der Waals surface area (Å²) in [5.41, 5.74) is 1.87. The van der Waals surface area contributed by atoms with E-state index in [4.69, 9.17) is 9.15 Å². The van der Waals surface area contributed by atoms with Crippen molar-refractivity contribution in [1.82, 2.24) is 4.98 Å². The number of nitrogens with zero attached hydrogens (tertiary/aromatic N) is 1. The van der Waals surface area contributed by atoms with E-state index in [1.807, 2.05) is 6.07 Å². The molecule has 0 spiro atoms. The number of aromatic nitrogens is 1. The summed E-state index contributed by atoms with van der Waals surface area (Å²) in [7, 11) is 1.56. The number of fused-ring (bicyclic) bond motifs is 1.